The normalized spacial score (nSPS) is 9.23. The Morgan fingerprint density at radius 3 is 1.38 bits per heavy atom. The highest BCUT2D eigenvalue weighted by Crippen LogP contribution is 1.78. The summed E-state index contributed by atoms with van der Waals surface area (Å²) < 4.78 is 3.19. The first-order chi connectivity index (χ1) is 6.33. The molecule has 0 heterocycles. The lowest BCUT2D eigenvalue weighted by atomic mass is 10.5. The summed E-state index contributed by atoms with van der Waals surface area (Å²) in [6.07, 6.45) is 0. The molecule has 0 aromatic heterocycles. The molecule has 0 rings (SSSR count). The van der Waals surface area contributed by atoms with Crippen LogP contribution in [0.2, 0.25) is 0 Å². The third-order valence-corrected chi connectivity index (χ3v) is 1.12. The van der Waals surface area contributed by atoms with Crippen LogP contribution in [-0.2, 0) is 3.84 Å². The van der Waals surface area contributed by atoms with Crippen LogP contribution < -0.4 is 22.1 Å². The fraction of sp³-hybridized carbons (Fsp3) is 1.00. The van der Waals surface area contributed by atoms with E-state index in [1.807, 2.05) is 0 Å². The van der Waals surface area contributed by atoms with Crippen molar-refractivity contribution >= 4 is 23.7 Å². The van der Waals surface area contributed by atoms with Crippen molar-refractivity contribution in [2.45, 2.75) is 0 Å². The van der Waals surface area contributed by atoms with Crippen LogP contribution in [0, 0.1) is 0 Å². The molecular weight excluding hydrogens is 215 g/mol. The minimum absolute atomic E-state index is 0.705. The molecule has 0 saturated carbocycles. The number of nitrogens with two attached hydrogens (primary N) is 2. The Labute approximate surface area is 89.4 Å². The smallest absolute Gasteiger partial charge is 0.0832 e. The molecule has 82 valence electrons. The number of hydrogen-bond donors (Lipinski definition) is 4. The zero-order chi connectivity index (χ0) is 10.4. The van der Waals surface area contributed by atoms with E-state index in [1.165, 1.54) is 0 Å². The fourth-order valence-corrected chi connectivity index (χ4v) is 0.631. The van der Waals surface area contributed by atoms with Crippen LogP contribution in [0.4, 0.5) is 0 Å². The van der Waals surface area contributed by atoms with Crippen molar-refractivity contribution in [1.29, 1.82) is 0 Å². The summed E-state index contributed by atoms with van der Waals surface area (Å²) >= 11 is 8.53. The summed E-state index contributed by atoms with van der Waals surface area (Å²) in [6, 6.07) is 0. The lowest BCUT2D eigenvalue weighted by Gasteiger charge is -2.03. The molecule has 0 aromatic rings. The molecule has 0 bridgehead atoms. The van der Waals surface area contributed by atoms with Gasteiger partial charge in [-0.2, -0.15) is 3.84 Å². The molecule has 0 amide bonds. The number of nitrogens with one attached hydrogen (secondary N) is 2. The molecule has 6 N–H and O–H groups in total. The zero-order valence-corrected chi connectivity index (χ0v) is 9.07. The monoisotopic (exact) mass is 232 g/mol. The van der Waals surface area contributed by atoms with Crippen molar-refractivity contribution in [2.24, 2.45) is 11.5 Å². The van der Waals surface area contributed by atoms with E-state index >= 15 is 0 Å². The molecule has 5 nitrogen and oxygen atoms in total. The first kappa shape index (κ1) is 15.8. The van der Waals surface area contributed by atoms with Crippen molar-refractivity contribution in [1.82, 2.24) is 10.6 Å². The summed E-state index contributed by atoms with van der Waals surface area (Å²) in [4.78, 5) is 0. The second-order valence-corrected chi connectivity index (χ2v) is 2.60. The second-order valence-electron chi connectivity index (χ2n) is 2.14. The molecule has 0 radical (unpaired) electrons. The second kappa shape index (κ2) is 18.2. The van der Waals surface area contributed by atoms with Crippen LogP contribution in [0.1, 0.15) is 0 Å². The lowest BCUT2D eigenvalue weighted by Crippen LogP contribution is -2.32. The van der Waals surface area contributed by atoms with Crippen LogP contribution in [-0.4, -0.2) is 39.3 Å². The van der Waals surface area contributed by atoms with Crippen molar-refractivity contribution in [3.63, 3.8) is 0 Å². The van der Waals surface area contributed by atoms with Crippen molar-refractivity contribution < 1.29 is 3.84 Å². The summed E-state index contributed by atoms with van der Waals surface area (Å²) in [7, 11) is 0. The molecule has 0 aliphatic carbocycles. The third-order valence-electron chi connectivity index (χ3n) is 1.12. The minimum atomic E-state index is 0.705. The van der Waals surface area contributed by atoms with Crippen molar-refractivity contribution in [3.8, 4) is 0 Å². The molecule has 0 aromatic carbocycles. The van der Waals surface area contributed by atoms with E-state index in [1.54, 1.807) is 0 Å². The van der Waals surface area contributed by atoms with E-state index in [4.69, 9.17) is 11.5 Å². The SMILES string of the molecule is ClOCl.NCCNCCNCCN. The topological polar surface area (TPSA) is 85.3 Å². The maximum atomic E-state index is 5.27. The van der Waals surface area contributed by atoms with Gasteiger partial charge >= 0.3 is 0 Å². The van der Waals surface area contributed by atoms with Gasteiger partial charge in [-0.3, -0.25) is 0 Å². The number of rotatable bonds is 7. The van der Waals surface area contributed by atoms with Gasteiger partial charge in [0.15, 0.2) is 0 Å². The summed E-state index contributed by atoms with van der Waals surface area (Å²) in [5.41, 5.74) is 10.5. The average molecular weight is 233 g/mol. The molecule has 0 aliphatic rings. The Hall–Kier alpha value is 0.380. The lowest BCUT2D eigenvalue weighted by molar-refractivity contribution is 0.618. The largest absolute Gasteiger partial charge is 0.329 e. The summed E-state index contributed by atoms with van der Waals surface area (Å²) in [5, 5.41) is 6.33. The summed E-state index contributed by atoms with van der Waals surface area (Å²) in [5.74, 6) is 0. The van der Waals surface area contributed by atoms with Crippen LogP contribution in [0.3, 0.4) is 0 Å². The molecule has 0 unspecified atom stereocenters. The van der Waals surface area contributed by atoms with Gasteiger partial charge in [0.2, 0.25) is 0 Å². The maximum Gasteiger partial charge on any atom is 0.0832 e. The van der Waals surface area contributed by atoms with Crippen LogP contribution in [0.15, 0.2) is 0 Å². The third kappa shape index (κ3) is 24.5. The van der Waals surface area contributed by atoms with Gasteiger partial charge in [0.25, 0.3) is 0 Å². The highest BCUT2D eigenvalue weighted by atomic mass is 35.6. The van der Waals surface area contributed by atoms with Crippen LogP contribution >= 0.6 is 23.7 Å². The van der Waals surface area contributed by atoms with Crippen molar-refractivity contribution in [2.75, 3.05) is 39.3 Å². The highest BCUT2D eigenvalue weighted by molar-refractivity contribution is 6.24. The predicted molar refractivity (Wildman–Crippen MR) is 56.6 cm³/mol. The van der Waals surface area contributed by atoms with Gasteiger partial charge in [-0.05, 0) is 0 Å². The van der Waals surface area contributed by atoms with Gasteiger partial charge in [-0.1, -0.05) is 0 Å². The van der Waals surface area contributed by atoms with Crippen LogP contribution in [0.5, 0.6) is 0 Å². The Bertz CT molecular complexity index is 71.7. The highest BCUT2D eigenvalue weighted by Gasteiger charge is 1.83. The van der Waals surface area contributed by atoms with Gasteiger partial charge in [-0.25, -0.2) is 0 Å². The van der Waals surface area contributed by atoms with E-state index in [0.717, 1.165) is 26.2 Å². The quantitative estimate of drug-likeness (QED) is 0.441. The minimum Gasteiger partial charge on any atom is -0.329 e. The van der Waals surface area contributed by atoms with Gasteiger partial charge in [0.05, 0.1) is 23.7 Å². The fourth-order valence-electron chi connectivity index (χ4n) is 0.631. The average Bonchev–Trinajstić information content (AvgIpc) is 2.13. The molecule has 0 saturated heterocycles. The Morgan fingerprint density at radius 1 is 0.846 bits per heavy atom. The molecular formula is C6H18Cl2N4O. The maximum absolute atomic E-state index is 5.27. The van der Waals surface area contributed by atoms with E-state index in [2.05, 4.69) is 38.2 Å². The van der Waals surface area contributed by atoms with E-state index in [-0.39, 0.29) is 0 Å². The van der Waals surface area contributed by atoms with E-state index in [0.29, 0.717) is 13.1 Å². The Morgan fingerprint density at radius 2 is 1.15 bits per heavy atom. The standard InChI is InChI=1S/C6H18N4.Cl2O/c7-1-3-9-5-6-10-4-2-8;1-3-2/h9-10H,1-8H2;. The van der Waals surface area contributed by atoms with Gasteiger partial charge in [0.1, 0.15) is 0 Å². The molecule has 0 aliphatic heterocycles. The number of hydrogen-bond acceptors (Lipinski definition) is 5. The predicted octanol–water partition coefficient (Wildman–Crippen LogP) is -0.606. The molecule has 0 fully saturated rings. The molecule has 0 atom stereocenters. The van der Waals surface area contributed by atoms with Crippen LogP contribution in [0.25, 0.3) is 0 Å². The van der Waals surface area contributed by atoms with Gasteiger partial charge in [0, 0.05) is 39.3 Å². The van der Waals surface area contributed by atoms with Gasteiger partial charge in [-0.15, -0.1) is 0 Å². The van der Waals surface area contributed by atoms with Crippen molar-refractivity contribution in [3.05, 3.63) is 0 Å². The first-order valence-electron chi connectivity index (χ1n) is 4.04. The summed E-state index contributed by atoms with van der Waals surface area (Å²) in [6.45, 7) is 5.14. The van der Waals surface area contributed by atoms with Gasteiger partial charge < -0.3 is 22.1 Å². The molecule has 13 heavy (non-hydrogen) atoms. The first-order valence-corrected chi connectivity index (χ1v) is 4.66. The zero-order valence-electron chi connectivity index (χ0n) is 7.56. The van der Waals surface area contributed by atoms with E-state index in [9.17, 15) is 0 Å². The molecule has 0 spiro atoms. The Kier molecular flexibility index (Phi) is 22.2. The number of halogens is 2. The molecule has 7 heteroatoms. The Balaban J connectivity index is 0. The van der Waals surface area contributed by atoms with E-state index < -0.39 is 0 Å².